The van der Waals surface area contributed by atoms with Crippen molar-refractivity contribution in [2.24, 2.45) is 0 Å². The SMILES string of the molecule is Cc1ccc(S(=O)(=O)NCc2nnc(-c3cccc(C)c3)o2)cc1. The first-order valence-electron chi connectivity index (χ1n) is 7.40. The summed E-state index contributed by atoms with van der Waals surface area (Å²) in [7, 11) is -3.62. The van der Waals surface area contributed by atoms with E-state index in [0.717, 1.165) is 16.7 Å². The lowest BCUT2D eigenvalue weighted by Crippen LogP contribution is -2.23. The second-order valence-electron chi connectivity index (χ2n) is 5.51. The summed E-state index contributed by atoms with van der Waals surface area (Å²) in [5.74, 6) is 0.574. The minimum Gasteiger partial charge on any atom is -0.419 e. The summed E-state index contributed by atoms with van der Waals surface area (Å²) in [6.45, 7) is 3.81. The molecule has 3 rings (SSSR count). The number of aryl methyl sites for hydroxylation is 2. The van der Waals surface area contributed by atoms with Gasteiger partial charge in [-0.1, -0.05) is 35.4 Å². The van der Waals surface area contributed by atoms with Crippen LogP contribution in [0.5, 0.6) is 0 Å². The van der Waals surface area contributed by atoms with Gasteiger partial charge in [-0.15, -0.1) is 10.2 Å². The van der Waals surface area contributed by atoms with E-state index >= 15 is 0 Å². The molecule has 0 radical (unpaired) electrons. The number of aromatic nitrogens is 2. The molecule has 0 spiro atoms. The van der Waals surface area contributed by atoms with Crippen molar-refractivity contribution in [2.45, 2.75) is 25.3 Å². The molecule has 0 bridgehead atoms. The number of nitrogens with zero attached hydrogens (tertiary/aromatic N) is 2. The highest BCUT2D eigenvalue weighted by molar-refractivity contribution is 7.89. The van der Waals surface area contributed by atoms with Crippen LogP contribution in [0.1, 0.15) is 17.0 Å². The zero-order valence-corrected chi connectivity index (χ0v) is 14.2. The van der Waals surface area contributed by atoms with Gasteiger partial charge in [0.15, 0.2) is 0 Å². The molecule has 0 saturated carbocycles. The van der Waals surface area contributed by atoms with Crippen LogP contribution in [0.15, 0.2) is 57.8 Å². The van der Waals surface area contributed by atoms with Crippen molar-refractivity contribution in [2.75, 3.05) is 0 Å². The topological polar surface area (TPSA) is 85.1 Å². The van der Waals surface area contributed by atoms with E-state index in [0.29, 0.717) is 5.89 Å². The number of rotatable bonds is 5. The van der Waals surface area contributed by atoms with Crippen LogP contribution in [0.4, 0.5) is 0 Å². The van der Waals surface area contributed by atoms with Gasteiger partial charge < -0.3 is 4.42 Å². The standard InChI is InChI=1S/C17H17N3O3S/c1-12-6-8-15(9-7-12)24(21,22)18-11-16-19-20-17(23-16)14-5-3-4-13(2)10-14/h3-10,18H,11H2,1-2H3. The van der Waals surface area contributed by atoms with Gasteiger partial charge in [-0.05, 0) is 38.1 Å². The normalized spacial score (nSPS) is 11.6. The number of hydrogen-bond donors (Lipinski definition) is 1. The smallest absolute Gasteiger partial charge is 0.247 e. The van der Waals surface area contributed by atoms with Crippen LogP contribution < -0.4 is 4.72 Å². The molecule has 0 atom stereocenters. The Labute approximate surface area is 140 Å². The van der Waals surface area contributed by atoms with Crippen molar-refractivity contribution in [1.82, 2.24) is 14.9 Å². The summed E-state index contributed by atoms with van der Waals surface area (Å²) in [5.41, 5.74) is 2.87. The Morgan fingerprint density at radius 2 is 1.75 bits per heavy atom. The molecule has 0 saturated heterocycles. The third-order valence-corrected chi connectivity index (χ3v) is 4.89. The Morgan fingerprint density at radius 1 is 1.00 bits per heavy atom. The molecule has 124 valence electrons. The Balaban J connectivity index is 1.72. The maximum atomic E-state index is 12.2. The summed E-state index contributed by atoms with van der Waals surface area (Å²) < 4.78 is 32.5. The molecule has 0 amide bonds. The van der Waals surface area contributed by atoms with Crippen LogP contribution in [0.3, 0.4) is 0 Å². The lowest BCUT2D eigenvalue weighted by molar-refractivity contribution is 0.494. The quantitative estimate of drug-likeness (QED) is 0.770. The molecule has 1 aromatic heterocycles. The molecule has 7 heteroatoms. The monoisotopic (exact) mass is 343 g/mol. The maximum Gasteiger partial charge on any atom is 0.247 e. The Bertz CT molecular complexity index is 947. The number of hydrogen-bond acceptors (Lipinski definition) is 5. The molecule has 0 unspecified atom stereocenters. The van der Waals surface area contributed by atoms with Crippen LogP contribution in [0.2, 0.25) is 0 Å². The van der Waals surface area contributed by atoms with E-state index < -0.39 is 10.0 Å². The predicted molar refractivity (Wildman–Crippen MR) is 89.7 cm³/mol. The minimum atomic E-state index is -3.62. The second-order valence-corrected chi connectivity index (χ2v) is 7.27. The van der Waals surface area contributed by atoms with Gasteiger partial charge in [-0.2, -0.15) is 0 Å². The fraction of sp³-hybridized carbons (Fsp3) is 0.176. The van der Waals surface area contributed by atoms with E-state index in [9.17, 15) is 8.42 Å². The molecule has 0 aliphatic carbocycles. The van der Waals surface area contributed by atoms with E-state index in [1.54, 1.807) is 24.3 Å². The van der Waals surface area contributed by atoms with E-state index in [4.69, 9.17) is 4.42 Å². The van der Waals surface area contributed by atoms with Crippen molar-refractivity contribution >= 4 is 10.0 Å². The fourth-order valence-electron chi connectivity index (χ4n) is 2.18. The molecule has 6 nitrogen and oxygen atoms in total. The van der Waals surface area contributed by atoms with Gasteiger partial charge in [0.05, 0.1) is 11.4 Å². The summed E-state index contributed by atoms with van der Waals surface area (Å²) in [5, 5.41) is 7.85. The van der Waals surface area contributed by atoms with E-state index in [2.05, 4.69) is 14.9 Å². The molecule has 2 aromatic carbocycles. The van der Waals surface area contributed by atoms with Crippen molar-refractivity contribution < 1.29 is 12.8 Å². The molecular formula is C17H17N3O3S. The maximum absolute atomic E-state index is 12.2. The average Bonchev–Trinajstić information content (AvgIpc) is 3.03. The molecule has 0 aliphatic heterocycles. The van der Waals surface area contributed by atoms with Gasteiger partial charge in [-0.25, -0.2) is 13.1 Å². The Morgan fingerprint density at radius 3 is 2.46 bits per heavy atom. The third kappa shape index (κ3) is 3.69. The average molecular weight is 343 g/mol. The Hall–Kier alpha value is -2.51. The Kier molecular flexibility index (Phi) is 4.46. The van der Waals surface area contributed by atoms with E-state index in [1.165, 1.54) is 0 Å². The lowest BCUT2D eigenvalue weighted by atomic mass is 10.1. The van der Waals surface area contributed by atoms with Crippen molar-refractivity contribution in [3.8, 4) is 11.5 Å². The molecule has 1 N–H and O–H groups in total. The molecular weight excluding hydrogens is 326 g/mol. The number of benzene rings is 2. The minimum absolute atomic E-state index is 0.0605. The molecule has 3 aromatic rings. The van der Waals surface area contributed by atoms with Crippen LogP contribution in [-0.4, -0.2) is 18.6 Å². The third-order valence-electron chi connectivity index (χ3n) is 3.48. The molecule has 0 fully saturated rings. The highest BCUT2D eigenvalue weighted by atomic mass is 32.2. The van der Waals surface area contributed by atoms with E-state index in [1.807, 2.05) is 38.1 Å². The zero-order valence-electron chi connectivity index (χ0n) is 13.4. The van der Waals surface area contributed by atoms with Gasteiger partial charge >= 0.3 is 0 Å². The largest absolute Gasteiger partial charge is 0.419 e. The van der Waals surface area contributed by atoms with Crippen molar-refractivity contribution in [3.63, 3.8) is 0 Å². The van der Waals surface area contributed by atoms with Crippen LogP contribution in [0.25, 0.3) is 11.5 Å². The van der Waals surface area contributed by atoms with Gasteiger partial charge in [0, 0.05) is 5.56 Å². The number of nitrogens with one attached hydrogen (secondary N) is 1. The highest BCUT2D eigenvalue weighted by Crippen LogP contribution is 2.19. The van der Waals surface area contributed by atoms with Crippen LogP contribution in [-0.2, 0) is 16.6 Å². The summed E-state index contributed by atoms with van der Waals surface area (Å²) in [6, 6.07) is 14.3. The zero-order chi connectivity index (χ0) is 17.2. The van der Waals surface area contributed by atoms with Gasteiger partial charge in [0.1, 0.15) is 0 Å². The van der Waals surface area contributed by atoms with Crippen molar-refractivity contribution in [1.29, 1.82) is 0 Å². The number of sulfonamides is 1. The van der Waals surface area contributed by atoms with Crippen LogP contribution >= 0.6 is 0 Å². The van der Waals surface area contributed by atoms with Gasteiger partial charge in [0.2, 0.25) is 21.8 Å². The molecule has 1 heterocycles. The predicted octanol–water partition coefficient (Wildman–Crippen LogP) is 2.83. The lowest BCUT2D eigenvalue weighted by Gasteiger charge is -2.04. The van der Waals surface area contributed by atoms with Gasteiger partial charge in [-0.3, -0.25) is 0 Å². The van der Waals surface area contributed by atoms with Gasteiger partial charge in [0.25, 0.3) is 0 Å². The van der Waals surface area contributed by atoms with E-state index in [-0.39, 0.29) is 17.3 Å². The first-order chi connectivity index (χ1) is 11.4. The van der Waals surface area contributed by atoms with Crippen LogP contribution in [0, 0.1) is 13.8 Å². The summed E-state index contributed by atoms with van der Waals surface area (Å²) in [4.78, 5) is 0.200. The van der Waals surface area contributed by atoms with Crippen molar-refractivity contribution in [3.05, 3.63) is 65.5 Å². The summed E-state index contributed by atoms with van der Waals surface area (Å²) in [6.07, 6.45) is 0. The summed E-state index contributed by atoms with van der Waals surface area (Å²) >= 11 is 0. The second kappa shape index (κ2) is 6.54. The molecule has 0 aliphatic rings. The highest BCUT2D eigenvalue weighted by Gasteiger charge is 2.16. The fourth-order valence-corrected chi connectivity index (χ4v) is 3.15. The first-order valence-corrected chi connectivity index (χ1v) is 8.88. The first kappa shape index (κ1) is 16.4. The molecule has 24 heavy (non-hydrogen) atoms.